The SMILES string of the molecule is CCOCCN(CC)c1nc2c(s1)CCC2C(=O)OCC. The van der Waals surface area contributed by atoms with Gasteiger partial charge in [0.15, 0.2) is 5.13 Å². The standard InChI is InChI=1S/C15H24N2O3S/c1-4-17(9-10-19-5-2)15-16-13-11(14(18)20-6-3)7-8-12(13)21-15/h11H,4-10H2,1-3H3. The van der Waals surface area contributed by atoms with Crippen LogP contribution in [0, 0.1) is 0 Å². The minimum absolute atomic E-state index is 0.134. The number of carbonyl (C=O) groups excluding carboxylic acids is 1. The van der Waals surface area contributed by atoms with Crippen molar-refractivity contribution in [2.24, 2.45) is 0 Å². The average molecular weight is 312 g/mol. The molecule has 6 heteroatoms. The van der Waals surface area contributed by atoms with E-state index in [1.54, 1.807) is 11.3 Å². The van der Waals surface area contributed by atoms with Gasteiger partial charge in [-0.05, 0) is 33.6 Å². The van der Waals surface area contributed by atoms with E-state index in [0.29, 0.717) is 13.2 Å². The average Bonchev–Trinajstić information content (AvgIpc) is 3.03. The molecule has 1 atom stereocenters. The van der Waals surface area contributed by atoms with Crippen molar-refractivity contribution in [1.82, 2.24) is 4.98 Å². The van der Waals surface area contributed by atoms with E-state index in [1.165, 1.54) is 4.88 Å². The van der Waals surface area contributed by atoms with Crippen LogP contribution in [0.25, 0.3) is 0 Å². The Labute approximate surface area is 130 Å². The molecule has 118 valence electrons. The third-order valence-electron chi connectivity index (χ3n) is 3.64. The van der Waals surface area contributed by atoms with Crippen LogP contribution in [0.3, 0.4) is 0 Å². The summed E-state index contributed by atoms with van der Waals surface area (Å²) in [6.45, 7) is 9.54. The van der Waals surface area contributed by atoms with E-state index in [9.17, 15) is 4.79 Å². The Bertz CT molecular complexity index is 475. The quantitative estimate of drug-likeness (QED) is 0.545. The van der Waals surface area contributed by atoms with Crippen molar-refractivity contribution >= 4 is 22.4 Å². The predicted molar refractivity (Wildman–Crippen MR) is 84.2 cm³/mol. The number of rotatable bonds is 8. The van der Waals surface area contributed by atoms with Crippen molar-refractivity contribution in [3.05, 3.63) is 10.6 Å². The number of fused-ring (bicyclic) bond motifs is 1. The third-order valence-corrected chi connectivity index (χ3v) is 4.83. The minimum atomic E-state index is -0.171. The third kappa shape index (κ3) is 3.74. The zero-order chi connectivity index (χ0) is 15.2. The van der Waals surface area contributed by atoms with Crippen molar-refractivity contribution < 1.29 is 14.3 Å². The molecule has 1 aromatic rings. The first-order valence-electron chi connectivity index (χ1n) is 7.70. The number of aromatic nitrogens is 1. The van der Waals surface area contributed by atoms with Gasteiger partial charge in [-0.3, -0.25) is 4.79 Å². The first-order chi connectivity index (χ1) is 10.2. The zero-order valence-electron chi connectivity index (χ0n) is 13.1. The molecule has 0 aliphatic heterocycles. The van der Waals surface area contributed by atoms with Crippen LogP contribution in [0.15, 0.2) is 0 Å². The summed E-state index contributed by atoms with van der Waals surface area (Å²) in [5.74, 6) is -0.305. The van der Waals surface area contributed by atoms with Gasteiger partial charge in [0.2, 0.25) is 0 Å². The van der Waals surface area contributed by atoms with Gasteiger partial charge in [-0.25, -0.2) is 4.98 Å². The lowest BCUT2D eigenvalue weighted by Crippen LogP contribution is -2.27. The van der Waals surface area contributed by atoms with Gasteiger partial charge in [0, 0.05) is 24.6 Å². The Balaban J connectivity index is 2.07. The number of esters is 1. The molecule has 1 aliphatic carbocycles. The lowest BCUT2D eigenvalue weighted by Gasteiger charge is -2.19. The first kappa shape index (κ1) is 16.2. The summed E-state index contributed by atoms with van der Waals surface area (Å²) in [6, 6.07) is 0. The summed E-state index contributed by atoms with van der Waals surface area (Å²) < 4.78 is 10.6. The summed E-state index contributed by atoms with van der Waals surface area (Å²) in [5, 5.41) is 0.996. The van der Waals surface area contributed by atoms with Crippen molar-refractivity contribution in [3.63, 3.8) is 0 Å². The maximum absolute atomic E-state index is 12.0. The van der Waals surface area contributed by atoms with Gasteiger partial charge in [-0.1, -0.05) is 0 Å². The highest BCUT2D eigenvalue weighted by Gasteiger charge is 2.34. The molecule has 0 amide bonds. The Morgan fingerprint density at radius 3 is 2.86 bits per heavy atom. The fourth-order valence-corrected chi connectivity index (χ4v) is 3.76. The number of aryl methyl sites for hydroxylation is 1. The lowest BCUT2D eigenvalue weighted by atomic mass is 10.1. The Hall–Kier alpha value is -1.14. The molecule has 0 fully saturated rings. The summed E-state index contributed by atoms with van der Waals surface area (Å²) in [4.78, 5) is 20.1. The predicted octanol–water partition coefficient (Wildman–Crippen LogP) is 2.60. The van der Waals surface area contributed by atoms with E-state index in [4.69, 9.17) is 14.5 Å². The molecular weight excluding hydrogens is 288 g/mol. The van der Waals surface area contributed by atoms with Crippen molar-refractivity contribution in [2.75, 3.05) is 37.8 Å². The zero-order valence-corrected chi connectivity index (χ0v) is 13.9. The van der Waals surface area contributed by atoms with Crippen LogP contribution in [-0.4, -0.2) is 43.9 Å². The second-order valence-electron chi connectivity index (χ2n) is 4.92. The van der Waals surface area contributed by atoms with Crippen molar-refractivity contribution in [3.8, 4) is 0 Å². The van der Waals surface area contributed by atoms with Crippen LogP contribution in [0.1, 0.15) is 43.7 Å². The molecule has 0 N–H and O–H groups in total. The molecule has 21 heavy (non-hydrogen) atoms. The van der Waals surface area contributed by atoms with E-state index >= 15 is 0 Å². The highest BCUT2D eigenvalue weighted by atomic mass is 32.1. The fourth-order valence-electron chi connectivity index (χ4n) is 2.53. The monoisotopic (exact) mass is 312 g/mol. The van der Waals surface area contributed by atoms with E-state index in [-0.39, 0.29) is 11.9 Å². The maximum Gasteiger partial charge on any atom is 0.315 e. The molecule has 0 saturated carbocycles. The maximum atomic E-state index is 12.0. The number of hydrogen-bond donors (Lipinski definition) is 0. The number of carbonyl (C=O) groups is 1. The molecule has 1 heterocycles. The minimum Gasteiger partial charge on any atom is -0.465 e. The molecule has 1 aromatic heterocycles. The molecule has 1 unspecified atom stereocenters. The number of thiazole rings is 1. The van der Waals surface area contributed by atoms with E-state index in [0.717, 1.165) is 43.4 Å². The molecular formula is C15H24N2O3S. The van der Waals surface area contributed by atoms with Gasteiger partial charge < -0.3 is 14.4 Å². The Morgan fingerprint density at radius 2 is 2.19 bits per heavy atom. The number of ether oxygens (including phenoxy) is 2. The van der Waals surface area contributed by atoms with Crippen LogP contribution >= 0.6 is 11.3 Å². The highest BCUT2D eigenvalue weighted by Crippen LogP contribution is 2.40. The second kappa shape index (κ2) is 7.75. The number of anilines is 1. The summed E-state index contributed by atoms with van der Waals surface area (Å²) >= 11 is 1.70. The van der Waals surface area contributed by atoms with Crippen molar-refractivity contribution in [1.29, 1.82) is 0 Å². The lowest BCUT2D eigenvalue weighted by molar-refractivity contribution is -0.145. The van der Waals surface area contributed by atoms with Crippen LogP contribution in [0.2, 0.25) is 0 Å². The molecule has 0 radical (unpaired) electrons. The normalized spacial score (nSPS) is 16.8. The summed E-state index contributed by atoms with van der Waals surface area (Å²) in [7, 11) is 0. The fraction of sp³-hybridized carbons (Fsp3) is 0.733. The first-order valence-corrected chi connectivity index (χ1v) is 8.51. The molecule has 0 aromatic carbocycles. The number of hydrogen-bond acceptors (Lipinski definition) is 6. The van der Waals surface area contributed by atoms with Crippen LogP contribution < -0.4 is 4.90 Å². The molecule has 5 nitrogen and oxygen atoms in total. The highest BCUT2D eigenvalue weighted by molar-refractivity contribution is 7.15. The second-order valence-corrected chi connectivity index (χ2v) is 5.99. The van der Waals surface area contributed by atoms with E-state index in [2.05, 4.69) is 11.8 Å². The molecule has 2 rings (SSSR count). The van der Waals surface area contributed by atoms with Gasteiger partial charge in [0.1, 0.15) is 5.92 Å². The van der Waals surface area contributed by atoms with Crippen LogP contribution in [0.5, 0.6) is 0 Å². The Kier molecular flexibility index (Phi) is 5.99. The van der Waals surface area contributed by atoms with Gasteiger partial charge in [-0.15, -0.1) is 11.3 Å². The van der Waals surface area contributed by atoms with E-state index < -0.39 is 0 Å². The number of nitrogens with zero attached hydrogens (tertiary/aromatic N) is 2. The van der Waals surface area contributed by atoms with Crippen LogP contribution in [0.4, 0.5) is 5.13 Å². The molecule has 0 spiro atoms. The molecule has 1 aliphatic rings. The van der Waals surface area contributed by atoms with Crippen molar-refractivity contribution in [2.45, 2.75) is 39.5 Å². The molecule has 0 saturated heterocycles. The van der Waals surface area contributed by atoms with Crippen LogP contribution in [-0.2, 0) is 20.7 Å². The van der Waals surface area contributed by atoms with Gasteiger partial charge in [0.25, 0.3) is 0 Å². The summed E-state index contributed by atoms with van der Waals surface area (Å²) in [6.07, 6.45) is 1.76. The van der Waals surface area contributed by atoms with Gasteiger partial charge in [-0.2, -0.15) is 0 Å². The smallest absolute Gasteiger partial charge is 0.315 e. The largest absolute Gasteiger partial charge is 0.465 e. The summed E-state index contributed by atoms with van der Waals surface area (Å²) in [5.41, 5.74) is 0.934. The molecule has 0 bridgehead atoms. The number of likely N-dealkylation sites (N-methyl/N-ethyl adjacent to an activating group) is 1. The Morgan fingerprint density at radius 1 is 1.38 bits per heavy atom. The topological polar surface area (TPSA) is 51.7 Å². The van der Waals surface area contributed by atoms with Gasteiger partial charge >= 0.3 is 5.97 Å². The van der Waals surface area contributed by atoms with E-state index in [1.807, 2.05) is 13.8 Å². The van der Waals surface area contributed by atoms with Gasteiger partial charge in [0.05, 0.1) is 18.9 Å².